The fourth-order valence-electron chi connectivity index (χ4n) is 1.45. The van der Waals surface area contributed by atoms with E-state index >= 15 is 0 Å². The van der Waals surface area contributed by atoms with Crippen molar-refractivity contribution >= 4 is 11.9 Å². The molecule has 0 aliphatic carbocycles. The fraction of sp³-hybridized carbons (Fsp3) is 0.167. The Bertz CT molecular complexity index is 485. The molecule has 0 bridgehead atoms. The van der Waals surface area contributed by atoms with Gasteiger partial charge in [-0.2, -0.15) is 0 Å². The monoisotopic (exact) mass is 212 g/mol. The predicted molar refractivity (Wildman–Crippen MR) is 63.0 cm³/mol. The summed E-state index contributed by atoms with van der Waals surface area (Å²) in [7, 11) is 0. The van der Waals surface area contributed by atoms with Crippen molar-refractivity contribution in [1.82, 2.24) is 15.0 Å². The molecule has 0 saturated heterocycles. The first-order valence-corrected chi connectivity index (χ1v) is 4.99. The highest BCUT2D eigenvalue weighted by Crippen LogP contribution is 2.22. The minimum atomic E-state index is 0.567. The number of hydrogen-bond donors (Lipinski definition) is 0. The SMILES string of the molecule is Cc1cccc(C)c1N=Cc1ncncn1. The molecule has 80 valence electrons. The molecule has 1 aromatic heterocycles. The van der Waals surface area contributed by atoms with Crippen LogP contribution >= 0.6 is 0 Å². The molecule has 2 rings (SSSR count). The van der Waals surface area contributed by atoms with Crippen LogP contribution in [-0.4, -0.2) is 21.2 Å². The summed E-state index contributed by atoms with van der Waals surface area (Å²) < 4.78 is 0. The molecule has 0 radical (unpaired) electrons. The van der Waals surface area contributed by atoms with Crippen molar-refractivity contribution < 1.29 is 0 Å². The van der Waals surface area contributed by atoms with Crippen LogP contribution in [0.25, 0.3) is 0 Å². The Morgan fingerprint density at radius 3 is 2.31 bits per heavy atom. The van der Waals surface area contributed by atoms with Crippen molar-refractivity contribution in [3.63, 3.8) is 0 Å². The van der Waals surface area contributed by atoms with Gasteiger partial charge in [0.05, 0.1) is 11.9 Å². The molecular weight excluding hydrogens is 200 g/mol. The smallest absolute Gasteiger partial charge is 0.173 e. The minimum absolute atomic E-state index is 0.567. The molecule has 0 fully saturated rings. The molecule has 0 amide bonds. The van der Waals surface area contributed by atoms with Crippen LogP contribution in [0.2, 0.25) is 0 Å². The van der Waals surface area contributed by atoms with Gasteiger partial charge in [0.2, 0.25) is 0 Å². The lowest BCUT2D eigenvalue weighted by Crippen LogP contribution is -1.92. The van der Waals surface area contributed by atoms with Crippen molar-refractivity contribution in [1.29, 1.82) is 0 Å². The van der Waals surface area contributed by atoms with Gasteiger partial charge in [-0.05, 0) is 25.0 Å². The van der Waals surface area contributed by atoms with E-state index in [0.717, 1.165) is 16.8 Å². The van der Waals surface area contributed by atoms with E-state index in [1.54, 1.807) is 6.21 Å². The maximum Gasteiger partial charge on any atom is 0.173 e. The van der Waals surface area contributed by atoms with E-state index < -0.39 is 0 Å². The van der Waals surface area contributed by atoms with Crippen LogP contribution in [0.1, 0.15) is 17.0 Å². The highest BCUT2D eigenvalue weighted by Gasteiger charge is 1.98. The topological polar surface area (TPSA) is 51.0 Å². The first-order valence-electron chi connectivity index (χ1n) is 4.99. The average Bonchev–Trinajstić information content (AvgIpc) is 2.30. The van der Waals surface area contributed by atoms with E-state index in [2.05, 4.69) is 19.9 Å². The number of rotatable bonds is 2. The van der Waals surface area contributed by atoms with Gasteiger partial charge in [0.1, 0.15) is 12.7 Å². The van der Waals surface area contributed by atoms with Gasteiger partial charge in [-0.15, -0.1) is 0 Å². The first kappa shape index (κ1) is 10.4. The Hall–Kier alpha value is -2.10. The van der Waals surface area contributed by atoms with Crippen LogP contribution in [0.15, 0.2) is 35.8 Å². The molecule has 0 unspecified atom stereocenters. The van der Waals surface area contributed by atoms with Crippen LogP contribution in [-0.2, 0) is 0 Å². The molecule has 0 aliphatic rings. The van der Waals surface area contributed by atoms with Gasteiger partial charge in [0.25, 0.3) is 0 Å². The van der Waals surface area contributed by atoms with Crippen LogP contribution in [0.3, 0.4) is 0 Å². The van der Waals surface area contributed by atoms with Gasteiger partial charge in [0, 0.05) is 0 Å². The maximum absolute atomic E-state index is 4.40. The normalized spacial score (nSPS) is 10.9. The third-order valence-electron chi connectivity index (χ3n) is 2.26. The van der Waals surface area contributed by atoms with Crippen LogP contribution in [0, 0.1) is 13.8 Å². The second kappa shape index (κ2) is 4.61. The van der Waals surface area contributed by atoms with E-state index in [9.17, 15) is 0 Å². The van der Waals surface area contributed by atoms with Crippen LogP contribution in [0.4, 0.5) is 5.69 Å². The lowest BCUT2D eigenvalue weighted by Gasteiger charge is -2.02. The van der Waals surface area contributed by atoms with Gasteiger partial charge >= 0.3 is 0 Å². The first-order chi connectivity index (χ1) is 7.77. The Morgan fingerprint density at radius 2 is 1.69 bits per heavy atom. The summed E-state index contributed by atoms with van der Waals surface area (Å²) in [4.78, 5) is 16.1. The molecule has 16 heavy (non-hydrogen) atoms. The van der Waals surface area contributed by atoms with E-state index in [0.29, 0.717) is 5.82 Å². The Balaban J connectivity index is 2.31. The molecule has 0 aliphatic heterocycles. The van der Waals surface area contributed by atoms with Crippen molar-refractivity contribution in [2.45, 2.75) is 13.8 Å². The Labute approximate surface area is 94.1 Å². The zero-order valence-electron chi connectivity index (χ0n) is 9.25. The summed E-state index contributed by atoms with van der Waals surface area (Å²) in [5.74, 6) is 0.567. The summed E-state index contributed by atoms with van der Waals surface area (Å²) in [6, 6.07) is 6.09. The molecule has 4 nitrogen and oxygen atoms in total. The maximum atomic E-state index is 4.40. The summed E-state index contributed by atoms with van der Waals surface area (Å²) in [5, 5.41) is 0. The largest absolute Gasteiger partial charge is 0.252 e. The standard InChI is InChI=1S/C12H12N4/c1-9-4-3-5-10(2)12(9)14-6-11-15-7-13-8-16-11/h3-8H,1-2H3. The van der Waals surface area contributed by atoms with Gasteiger partial charge in [-0.25, -0.2) is 15.0 Å². The number of hydrogen-bond acceptors (Lipinski definition) is 4. The summed E-state index contributed by atoms with van der Waals surface area (Å²) in [5.41, 5.74) is 3.26. The van der Waals surface area contributed by atoms with Crippen LogP contribution < -0.4 is 0 Å². The number of benzene rings is 1. The molecule has 4 heteroatoms. The number of aliphatic imine (C=N–C) groups is 1. The molecule has 0 saturated carbocycles. The highest BCUT2D eigenvalue weighted by molar-refractivity contribution is 5.78. The third kappa shape index (κ3) is 2.28. The Morgan fingerprint density at radius 1 is 1.06 bits per heavy atom. The third-order valence-corrected chi connectivity index (χ3v) is 2.26. The predicted octanol–water partition coefficient (Wildman–Crippen LogP) is 2.24. The molecule has 2 aromatic rings. The van der Waals surface area contributed by atoms with Crippen molar-refractivity contribution in [2.24, 2.45) is 4.99 Å². The van der Waals surface area contributed by atoms with Crippen molar-refractivity contribution in [3.8, 4) is 0 Å². The van der Waals surface area contributed by atoms with E-state index in [1.165, 1.54) is 12.7 Å². The summed E-state index contributed by atoms with van der Waals surface area (Å²) in [6.07, 6.45) is 4.56. The number of para-hydroxylation sites is 1. The lowest BCUT2D eigenvalue weighted by atomic mass is 10.1. The quantitative estimate of drug-likeness (QED) is 0.717. The highest BCUT2D eigenvalue weighted by atomic mass is 15.0. The minimum Gasteiger partial charge on any atom is -0.252 e. The molecule has 0 spiro atoms. The summed E-state index contributed by atoms with van der Waals surface area (Å²) >= 11 is 0. The van der Waals surface area contributed by atoms with E-state index in [4.69, 9.17) is 0 Å². The second-order valence-electron chi connectivity index (χ2n) is 3.50. The molecule has 0 N–H and O–H groups in total. The average molecular weight is 212 g/mol. The molecule has 1 heterocycles. The van der Waals surface area contributed by atoms with E-state index in [-0.39, 0.29) is 0 Å². The fourth-order valence-corrected chi connectivity index (χ4v) is 1.45. The molecule has 0 atom stereocenters. The summed E-state index contributed by atoms with van der Waals surface area (Å²) in [6.45, 7) is 4.07. The van der Waals surface area contributed by atoms with Gasteiger partial charge < -0.3 is 0 Å². The van der Waals surface area contributed by atoms with E-state index in [1.807, 2.05) is 32.0 Å². The van der Waals surface area contributed by atoms with Crippen LogP contribution in [0.5, 0.6) is 0 Å². The van der Waals surface area contributed by atoms with Gasteiger partial charge in [-0.1, -0.05) is 18.2 Å². The number of aromatic nitrogens is 3. The number of nitrogens with zero attached hydrogens (tertiary/aromatic N) is 4. The molecular formula is C12H12N4. The van der Waals surface area contributed by atoms with Gasteiger partial charge in [-0.3, -0.25) is 4.99 Å². The van der Waals surface area contributed by atoms with Crippen molar-refractivity contribution in [2.75, 3.05) is 0 Å². The number of aryl methyl sites for hydroxylation is 2. The molecule has 1 aromatic carbocycles. The Kier molecular flexibility index (Phi) is 3.00. The zero-order valence-corrected chi connectivity index (χ0v) is 9.25. The lowest BCUT2D eigenvalue weighted by molar-refractivity contribution is 1.03. The van der Waals surface area contributed by atoms with Crippen molar-refractivity contribution in [3.05, 3.63) is 47.8 Å². The van der Waals surface area contributed by atoms with Gasteiger partial charge in [0.15, 0.2) is 5.82 Å². The zero-order chi connectivity index (χ0) is 11.4. The second-order valence-corrected chi connectivity index (χ2v) is 3.50.